The first kappa shape index (κ1) is 26.2. The maximum Gasteiger partial charge on any atom is 0.445 e. The van der Waals surface area contributed by atoms with Gasteiger partial charge < -0.3 is 9.47 Å². The van der Waals surface area contributed by atoms with Crippen LogP contribution in [0.2, 0.25) is 0 Å². The van der Waals surface area contributed by atoms with Gasteiger partial charge in [-0.3, -0.25) is 4.79 Å². The van der Waals surface area contributed by atoms with Crippen molar-refractivity contribution in [3.05, 3.63) is 58.6 Å². The number of carbonyl (C=O) groups is 1. The Kier molecular flexibility index (Phi) is 7.44. The predicted octanol–water partition coefficient (Wildman–Crippen LogP) is 6.99. The van der Waals surface area contributed by atoms with Crippen molar-refractivity contribution in [2.24, 2.45) is 0 Å². The lowest BCUT2D eigenvalue weighted by Gasteiger charge is -2.33. The molecule has 2 saturated carbocycles. The van der Waals surface area contributed by atoms with Crippen LogP contribution in [0.4, 0.5) is 13.2 Å². The largest absolute Gasteiger partial charge is 0.493 e. The van der Waals surface area contributed by atoms with E-state index in [1.165, 1.54) is 0 Å². The van der Waals surface area contributed by atoms with Crippen molar-refractivity contribution in [2.45, 2.75) is 69.1 Å². The molecule has 2 fully saturated rings. The highest BCUT2D eigenvalue weighted by Crippen LogP contribution is 2.42. The Balaban J connectivity index is 1.49. The number of carbonyl (C=O) groups excluding carboxylic acids is 1. The summed E-state index contributed by atoms with van der Waals surface area (Å²) in [7, 11) is 1.61. The SMILES string of the molecule is COc1ccc(C2(C#Cc3cccc(-c4nnc(C(F)(F)F)s4)c3)CCCC(=O)C2)cc1OC1CCCC1. The minimum absolute atomic E-state index is 0.148. The lowest BCUT2D eigenvalue weighted by Crippen LogP contribution is -2.32. The normalized spacial score (nSPS) is 20.2. The van der Waals surface area contributed by atoms with Crippen LogP contribution in [0.25, 0.3) is 10.6 Å². The van der Waals surface area contributed by atoms with E-state index in [9.17, 15) is 18.0 Å². The van der Waals surface area contributed by atoms with Crippen LogP contribution in [0, 0.1) is 11.8 Å². The smallest absolute Gasteiger partial charge is 0.445 e. The number of Topliss-reactive ketones (excluding diaryl/α,β-unsaturated/α-hetero) is 1. The Bertz CT molecular complexity index is 1390. The Morgan fingerprint density at radius 2 is 1.87 bits per heavy atom. The Hall–Kier alpha value is -3.38. The summed E-state index contributed by atoms with van der Waals surface area (Å²) in [5.41, 5.74) is 1.34. The number of ketones is 1. The number of hydrogen-bond donors (Lipinski definition) is 0. The van der Waals surface area contributed by atoms with E-state index in [1.54, 1.807) is 31.4 Å². The third-order valence-corrected chi connectivity index (χ3v) is 8.11. The fraction of sp³-hybridized carbons (Fsp3) is 0.414. The third kappa shape index (κ3) is 5.70. The Morgan fingerprint density at radius 1 is 1.05 bits per heavy atom. The topological polar surface area (TPSA) is 61.3 Å². The summed E-state index contributed by atoms with van der Waals surface area (Å²) in [6, 6.07) is 12.7. The number of halogens is 3. The first-order valence-corrected chi connectivity index (χ1v) is 13.5. The lowest BCUT2D eigenvalue weighted by atomic mass is 9.69. The van der Waals surface area contributed by atoms with Gasteiger partial charge in [0.1, 0.15) is 10.8 Å². The van der Waals surface area contributed by atoms with Crippen LogP contribution >= 0.6 is 11.3 Å². The van der Waals surface area contributed by atoms with Crippen LogP contribution in [0.15, 0.2) is 42.5 Å². The van der Waals surface area contributed by atoms with Crippen molar-refractivity contribution < 1.29 is 27.4 Å². The van der Waals surface area contributed by atoms with Gasteiger partial charge in [0, 0.05) is 24.0 Å². The molecule has 0 spiro atoms. The van der Waals surface area contributed by atoms with Crippen LogP contribution in [0.5, 0.6) is 11.5 Å². The molecule has 1 atom stereocenters. The zero-order valence-corrected chi connectivity index (χ0v) is 21.8. The number of nitrogens with zero attached hydrogens (tertiary/aromatic N) is 2. The summed E-state index contributed by atoms with van der Waals surface area (Å²) in [4.78, 5) is 12.6. The summed E-state index contributed by atoms with van der Waals surface area (Å²) >= 11 is 0.496. The second kappa shape index (κ2) is 10.8. The summed E-state index contributed by atoms with van der Waals surface area (Å²) in [6.07, 6.45) is 2.17. The highest BCUT2D eigenvalue weighted by molar-refractivity contribution is 7.14. The van der Waals surface area contributed by atoms with Crippen LogP contribution in [0.3, 0.4) is 0 Å². The van der Waals surface area contributed by atoms with Crippen molar-refractivity contribution in [1.82, 2.24) is 10.2 Å². The van der Waals surface area contributed by atoms with Gasteiger partial charge in [-0.25, -0.2) is 0 Å². The van der Waals surface area contributed by atoms with E-state index in [1.807, 2.05) is 18.2 Å². The molecule has 0 aliphatic heterocycles. The molecule has 0 bridgehead atoms. The first-order valence-electron chi connectivity index (χ1n) is 12.7. The van der Waals surface area contributed by atoms with E-state index < -0.39 is 16.6 Å². The van der Waals surface area contributed by atoms with Gasteiger partial charge in [-0.1, -0.05) is 41.4 Å². The van der Waals surface area contributed by atoms with Crippen LogP contribution in [-0.4, -0.2) is 29.2 Å². The van der Waals surface area contributed by atoms with Crippen LogP contribution in [-0.2, 0) is 16.4 Å². The number of aromatic nitrogens is 2. The second-order valence-corrected chi connectivity index (χ2v) is 10.8. The fourth-order valence-corrected chi connectivity index (χ4v) is 5.86. The molecule has 3 aromatic rings. The molecule has 1 heterocycles. The summed E-state index contributed by atoms with van der Waals surface area (Å²) in [6.45, 7) is 0. The standard InChI is InChI=1S/C29H27F3N2O3S/c1-36-24-12-11-21(17-25(24)37-23-9-2-3-10-23)28(14-5-8-22(35)18-28)15-13-19-6-4-7-20(16-19)26-33-34-27(38-26)29(30,31)32/h4,6-7,11-12,16-17,23H,2-3,5,8-10,14,18H2,1H3. The molecule has 5 rings (SSSR count). The van der Waals surface area contributed by atoms with Crippen molar-refractivity contribution in [2.75, 3.05) is 7.11 Å². The van der Waals surface area contributed by atoms with E-state index in [0.717, 1.165) is 37.7 Å². The molecule has 0 radical (unpaired) electrons. The molecule has 0 saturated heterocycles. The molecule has 2 aliphatic carbocycles. The lowest BCUT2D eigenvalue weighted by molar-refractivity contribution is -0.138. The maximum atomic E-state index is 13.0. The van der Waals surface area contributed by atoms with Crippen LogP contribution < -0.4 is 9.47 Å². The summed E-state index contributed by atoms with van der Waals surface area (Å²) < 4.78 is 50.8. The van der Waals surface area contributed by atoms with E-state index in [-0.39, 0.29) is 16.9 Å². The molecule has 9 heteroatoms. The van der Waals surface area contributed by atoms with Gasteiger partial charge in [0.25, 0.3) is 0 Å². The molecule has 2 aromatic carbocycles. The van der Waals surface area contributed by atoms with E-state index >= 15 is 0 Å². The average Bonchev–Trinajstić information content (AvgIpc) is 3.60. The zero-order valence-electron chi connectivity index (χ0n) is 20.9. The first-order chi connectivity index (χ1) is 18.3. The summed E-state index contributed by atoms with van der Waals surface area (Å²) in [5.74, 6) is 8.05. The highest BCUT2D eigenvalue weighted by atomic mass is 32.1. The van der Waals surface area contributed by atoms with Crippen molar-refractivity contribution in [1.29, 1.82) is 0 Å². The second-order valence-electron chi connectivity index (χ2n) is 9.78. The number of methoxy groups -OCH3 is 1. The zero-order chi connectivity index (χ0) is 26.8. The molecular weight excluding hydrogens is 513 g/mol. The minimum atomic E-state index is -4.54. The van der Waals surface area contributed by atoms with Crippen molar-refractivity contribution in [3.63, 3.8) is 0 Å². The van der Waals surface area contributed by atoms with Gasteiger partial charge in [-0.05, 0) is 68.4 Å². The Labute approximate surface area is 223 Å². The van der Waals surface area contributed by atoms with Gasteiger partial charge >= 0.3 is 6.18 Å². The molecular formula is C29H27F3N2O3S. The number of ether oxygens (including phenoxy) is 2. The predicted molar refractivity (Wildman–Crippen MR) is 138 cm³/mol. The number of hydrogen-bond acceptors (Lipinski definition) is 6. The third-order valence-electron chi connectivity index (χ3n) is 7.09. The van der Waals surface area contributed by atoms with E-state index in [2.05, 4.69) is 22.0 Å². The molecule has 0 amide bonds. The molecule has 2 aliphatic rings. The summed E-state index contributed by atoms with van der Waals surface area (Å²) in [5, 5.41) is 6.18. The number of benzene rings is 2. The molecule has 1 unspecified atom stereocenters. The monoisotopic (exact) mass is 540 g/mol. The maximum absolute atomic E-state index is 13.0. The Morgan fingerprint density at radius 3 is 2.58 bits per heavy atom. The van der Waals surface area contributed by atoms with Gasteiger partial charge in [0.15, 0.2) is 11.5 Å². The molecule has 0 N–H and O–H groups in total. The molecule has 1 aromatic heterocycles. The quantitative estimate of drug-likeness (QED) is 0.327. The molecule has 38 heavy (non-hydrogen) atoms. The van der Waals surface area contributed by atoms with Gasteiger partial charge in [0.2, 0.25) is 5.01 Å². The van der Waals surface area contributed by atoms with Crippen molar-refractivity contribution >= 4 is 17.1 Å². The van der Waals surface area contributed by atoms with Gasteiger partial charge in [0.05, 0.1) is 18.6 Å². The van der Waals surface area contributed by atoms with E-state index in [4.69, 9.17) is 9.47 Å². The highest BCUT2D eigenvalue weighted by Gasteiger charge is 2.37. The van der Waals surface area contributed by atoms with Crippen molar-refractivity contribution in [3.8, 4) is 33.9 Å². The number of alkyl halides is 3. The van der Waals surface area contributed by atoms with E-state index in [0.29, 0.717) is 53.2 Å². The van der Waals surface area contributed by atoms with Gasteiger partial charge in [-0.15, -0.1) is 10.2 Å². The van der Waals surface area contributed by atoms with Gasteiger partial charge in [-0.2, -0.15) is 13.2 Å². The minimum Gasteiger partial charge on any atom is -0.493 e. The molecule has 198 valence electrons. The molecule has 5 nitrogen and oxygen atoms in total. The number of rotatable bonds is 5. The average molecular weight is 541 g/mol. The van der Waals surface area contributed by atoms with Crippen LogP contribution in [0.1, 0.15) is 67.5 Å². The fourth-order valence-electron chi connectivity index (χ4n) is 5.15.